The Hall–Kier alpha value is -3.26. The second kappa shape index (κ2) is 13.3. The summed E-state index contributed by atoms with van der Waals surface area (Å²) >= 11 is 6.35. The molecule has 0 aliphatic heterocycles. The van der Waals surface area contributed by atoms with Gasteiger partial charge in [-0.05, 0) is 58.7 Å². The Labute approximate surface area is 224 Å². The SMILES string of the molecule is CCCCCN(C(=O)C(C)NC(=O)OC(C)(C)C)C(C(=O)Nc1c(C)cccc1Cl)c1ccccc1O. The summed E-state index contributed by atoms with van der Waals surface area (Å²) < 4.78 is 5.30. The lowest BCUT2D eigenvalue weighted by molar-refractivity contribution is -0.140. The lowest BCUT2D eigenvalue weighted by atomic mass is 10.0. The number of carbonyl (C=O) groups is 3. The van der Waals surface area contributed by atoms with Crippen molar-refractivity contribution in [2.45, 2.75) is 78.5 Å². The van der Waals surface area contributed by atoms with Gasteiger partial charge in [-0.2, -0.15) is 0 Å². The molecule has 3 amide bonds. The molecule has 37 heavy (non-hydrogen) atoms. The number of anilines is 1. The fourth-order valence-corrected chi connectivity index (χ4v) is 4.11. The zero-order chi connectivity index (χ0) is 27.8. The van der Waals surface area contributed by atoms with Gasteiger partial charge in [-0.25, -0.2) is 4.79 Å². The van der Waals surface area contributed by atoms with E-state index >= 15 is 0 Å². The Kier molecular flexibility index (Phi) is 10.8. The summed E-state index contributed by atoms with van der Waals surface area (Å²) in [5.41, 5.74) is 0.703. The molecule has 0 heterocycles. The Morgan fingerprint density at radius 3 is 2.35 bits per heavy atom. The van der Waals surface area contributed by atoms with Crippen LogP contribution in [-0.2, 0) is 14.3 Å². The summed E-state index contributed by atoms with van der Waals surface area (Å²) in [6.07, 6.45) is 1.62. The smallest absolute Gasteiger partial charge is 0.408 e. The number of carbonyl (C=O) groups excluding carboxylic acids is 3. The highest BCUT2D eigenvalue weighted by Gasteiger charge is 2.36. The van der Waals surface area contributed by atoms with Crippen molar-refractivity contribution in [2.24, 2.45) is 0 Å². The van der Waals surface area contributed by atoms with Crippen molar-refractivity contribution in [3.63, 3.8) is 0 Å². The molecule has 0 aromatic heterocycles. The third kappa shape index (κ3) is 8.67. The number of phenols is 1. The predicted octanol–water partition coefficient (Wildman–Crippen LogP) is 5.97. The first kappa shape index (κ1) is 30.0. The van der Waals surface area contributed by atoms with Crippen LogP contribution in [0.25, 0.3) is 0 Å². The van der Waals surface area contributed by atoms with E-state index < -0.39 is 35.6 Å². The van der Waals surface area contributed by atoms with Crippen LogP contribution < -0.4 is 10.6 Å². The monoisotopic (exact) mass is 531 g/mol. The third-order valence-corrected chi connectivity index (χ3v) is 5.97. The lowest BCUT2D eigenvalue weighted by Crippen LogP contribution is -2.51. The van der Waals surface area contributed by atoms with Crippen molar-refractivity contribution in [1.82, 2.24) is 10.2 Å². The van der Waals surface area contributed by atoms with E-state index in [-0.39, 0.29) is 17.9 Å². The maximum absolute atomic E-state index is 13.8. The molecule has 0 radical (unpaired) electrons. The molecule has 3 N–H and O–H groups in total. The zero-order valence-electron chi connectivity index (χ0n) is 22.4. The molecule has 0 bridgehead atoms. The number of aromatic hydroxyl groups is 1. The van der Waals surface area contributed by atoms with Crippen molar-refractivity contribution in [3.05, 3.63) is 58.6 Å². The molecule has 2 aromatic rings. The Balaban J connectivity index is 2.48. The van der Waals surface area contributed by atoms with Gasteiger partial charge in [0.15, 0.2) is 0 Å². The molecule has 0 fully saturated rings. The quantitative estimate of drug-likeness (QED) is 0.327. The number of hydrogen-bond acceptors (Lipinski definition) is 5. The number of nitrogens with zero attached hydrogens (tertiary/aromatic N) is 1. The number of nitrogens with one attached hydrogen (secondary N) is 2. The normalized spacial score (nSPS) is 12.8. The zero-order valence-corrected chi connectivity index (χ0v) is 23.2. The number of alkyl carbamates (subject to hydrolysis) is 1. The van der Waals surface area contributed by atoms with Crippen LogP contribution in [-0.4, -0.2) is 46.1 Å². The van der Waals surface area contributed by atoms with Crippen molar-refractivity contribution in [2.75, 3.05) is 11.9 Å². The largest absolute Gasteiger partial charge is 0.508 e. The number of rotatable bonds is 10. The number of phenolic OH excluding ortho intramolecular Hbond substituents is 1. The fourth-order valence-electron chi connectivity index (χ4n) is 3.84. The van der Waals surface area contributed by atoms with Gasteiger partial charge in [0.25, 0.3) is 5.91 Å². The minimum absolute atomic E-state index is 0.125. The van der Waals surface area contributed by atoms with E-state index in [9.17, 15) is 19.5 Å². The van der Waals surface area contributed by atoms with Gasteiger partial charge < -0.3 is 25.4 Å². The van der Waals surface area contributed by atoms with E-state index in [4.69, 9.17) is 16.3 Å². The van der Waals surface area contributed by atoms with Crippen LogP contribution in [0.4, 0.5) is 10.5 Å². The highest BCUT2D eigenvalue weighted by atomic mass is 35.5. The average molecular weight is 532 g/mol. The van der Waals surface area contributed by atoms with E-state index in [0.29, 0.717) is 17.1 Å². The second-order valence-corrected chi connectivity index (χ2v) is 10.4. The number of halogens is 1. The minimum Gasteiger partial charge on any atom is -0.508 e. The van der Waals surface area contributed by atoms with E-state index in [0.717, 1.165) is 18.4 Å². The first-order chi connectivity index (χ1) is 17.4. The van der Waals surface area contributed by atoms with Crippen molar-refractivity contribution in [1.29, 1.82) is 0 Å². The number of para-hydroxylation sites is 2. The summed E-state index contributed by atoms with van der Waals surface area (Å²) in [7, 11) is 0. The van der Waals surface area contributed by atoms with E-state index in [1.54, 1.807) is 51.1 Å². The van der Waals surface area contributed by atoms with Crippen molar-refractivity contribution < 1.29 is 24.2 Å². The number of unbranched alkanes of at least 4 members (excludes halogenated alkanes) is 2. The maximum Gasteiger partial charge on any atom is 0.408 e. The van der Waals surface area contributed by atoms with Gasteiger partial charge in [-0.1, -0.05) is 61.7 Å². The molecule has 0 aliphatic carbocycles. The maximum atomic E-state index is 13.8. The topological polar surface area (TPSA) is 108 Å². The number of ether oxygens (including phenoxy) is 1. The first-order valence-electron chi connectivity index (χ1n) is 12.5. The molecule has 0 spiro atoms. The summed E-state index contributed by atoms with van der Waals surface area (Å²) in [6, 6.07) is 9.49. The Morgan fingerprint density at radius 1 is 1.08 bits per heavy atom. The van der Waals surface area contributed by atoms with Gasteiger partial charge in [-0.3, -0.25) is 9.59 Å². The molecule has 2 aromatic carbocycles. The molecule has 8 nitrogen and oxygen atoms in total. The molecule has 202 valence electrons. The first-order valence-corrected chi connectivity index (χ1v) is 12.9. The van der Waals surface area contributed by atoms with E-state index in [1.807, 2.05) is 19.9 Å². The number of amides is 3. The summed E-state index contributed by atoms with van der Waals surface area (Å²) in [6.45, 7) is 10.8. The van der Waals surface area contributed by atoms with Crippen LogP contribution in [0.1, 0.15) is 71.0 Å². The molecule has 0 saturated heterocycles. The molecule has 9 heteroatoms. The molecule has 2 unspecified atom stereocenters. The van der Waals surface area contributed by atoms with Gasteiger partial charge >= 0.3 is 6.09 Å². The summed E-state index contributed by atoms with van der Waals surface area (Å²) in [5, 5.41) is 16.5. The van der Waals surface area contributed by atoms with E-state index in [1.165, 1.54) is 17.9 Å². The molecule has 0 saturated carbocycles. The summed E-state index contributed by atoms with van der Waals surface area (Å²) in [4.78, 5) is 41.3. The molecule has 2 atom stereocenters. The van der Waals surface area contributed by atoms with Crippen molar-refractivity contribution >= 4 is 35.2 Å². The van der Waals surface area contributed by atoms with Gasteiger partial charge in [-0.15, -0.1) is 0 Å². The number of benzene rings is 2. The molecular weight excluding hydrogens is 494 g/mol. The molecule has 0 aliphatic rings. The Bertz CT molecular complexity index is 1080. The third-order valence-electron chi connectivity index (χ3n) is 5.65. The lowest BCUT2D eigenvalue weighted by Gasteiger charge is -2.34. The van der Waals surface area contributed by atoms with Crippen LogP contribution in [0.15, 0.2) is 42.5 Å². The average Bonchev–Trinajstić information content (AvgIpc) is 2.80. The fraction of sp³-hybridized carbons (Fsp3) is 0.464. The van der Waals surface area contributed by atoms with Crippen LogP contribution in [0, 0.1) is 6.92 Å². The van der Waals surface area contributed by atoms with Gasteiger partial charge in [0.2, 0.25) is 5.91 Å². The van der Waals surface area contributed by atoms with Crippen LogP contribution >= 0.6 is 11.6 Å². The van der Waals surface area contributed by atoms with Gasteiger partial charge in [0, 0.05) is 12.1 Å². The highest BCUT2D eigenvalue weighted by molar-refractivity contribution is 6.34. The number of aryl methyl sites for hydroxylation is 1. The van der Waals surface area contributed by atoms with Gasteiger partial charge in [0.1, 0.15) is 23.4 Å². The molecular formula is C28H38ClN3O5. The Morgan fingerprint density at radius 2 is 1.76 bits per heavy atom. The molecule has 2 rings (SSSR count). The van der Waals surface area contributed by atoms with Gasteiger partial charge in [0.05, 0.1) is 10.7 Å². The van der Waals surface area contributed by atoms with Crippen LogP contribution in [0.2, 0.25) is 5.02 Å². The second-order valence-electron chi connectivity index (χ2n) is 9.99. The highest BCUT2D eigenvalue weighted by Crippen LogP contribution is 2.33. The van der Waals surface area contributed by atoms with E-state index in [2.05, 4.69) is 10.6 Å². The van der Waals surface area contributed by atoms with Crippen molar-refractivity contribution in [3.8, 4) is 5.75 Å². The summed E-state index contributed by atoms with van der Waals surface area (Å²) in [5.74, 6) is -1.15. The van der Waals surface area contributed by atoms with Crippen LogP contribution in [0.5, 0.6) is 5.75 Å². The standard InChI is InChI=1S/C28H38ClN3O5/c1-7-8-11-17-32(26(35)19(3)30-27(36)37-28(4,5)6)24(20-14-9-10-16-22(20)33)25(34)31-23-18(2)13-12-15-21(23)29/h9-10,12-16,19,24,33H,7-8,11,17H2,1-6H3,(H,30,36)(H,31,34). The minimum atomic E-state index is -1.18. The van der Waals surface area contributed by atoms with Crippen LogP contribution in [0.3, 0.4) is 0 Å². The predicted molar refractivity (Wildman–Crippen MR) is 146 cm³/mol. The number of hydrogen-bond donors (Lipinski definition) is 3.